The van der Waals surface area contributed by atoms with Gasteiger partial charge in [-0.25, -0.2) is 4.79 Å². The molecule has 10 heteroatoms. The number of carbonyl (C=O) groups excluding carboxylic acids is 3. The van der Waals surface area contributed by atoms with Crippen LogP contribution in [-0.4, -0.2) is 62.1 Å². The number of hydrogen-bond donors (Lipinski definition) is 3. The maximum Gasteiger partial charge on any atom is 0.321 e. The van der Waals surface area contributed by atoms with Crippen LogP contribution in [0, 0.1) is 0 Å². The second-order valence-corrected chi connectivity index (χ2v) is 8.82. The number of urea groups is 1. The van der Waals surface area contributed by atoms with Crippen molar-refractivity contribution in [3.63, 3.8) is 0 Å². The number of benzene rings is 2. The van der Waals surface area contributed by atoms with Gasteiger partial charge in [-0.05, 0) is 54.8 Å². The average molecular weight is 503 g/mol. The number of rotatable bonds is 8. The topological polar surface area (TPSA) is 109 Å². The summed E-state index contributed by atoms with van der Waals surface area (Å²) < 4.78 is 10.6. The van der Waals surface area contributed by atoms with Crippen molar-refractivity contribution in [2.24, 2.45) is 0 Å². The fraction of sp³-hybridized carbons (Fsp3) is 0.400. The van der Waals surface area contributed by atoms with Crippen molar-refractivity contribution in [3.8, 4) is 11.5 Å². The molecule has 1 atom stereocenters. The molecular weight excluding hydrogens is 472 g/mol. The van der Waals surface area contributed by atoms with E-state index in [1.54, 1.807) is 49.5 Å². The summed E-state index contributed by atoms with van der Waals surface area (Å²) >= 11 is 5.88. The predicted octanol–water partition coefficient (Wildman–Crippen LogP) is 3.22. The summed E-state index contributed by atoms with van der Waals surface area (Å²) in [4.78, 5) is 39.1. The Morgan fingerprint density at radius 2 is 1.63 bits per heavy atom. The smallest absolute Gasteiger partial charge is 0.321 e. The molecule has 0 radical (unpaired) electrons. The van der Waals surface area contributed by atoms with Gasteiger partial charge in [-0.2, -0.15) is 0 Å². The summed E-state index contributed by atoms with van der Waals surface area (Å²) in [6.45, 7) is 2.38. The Morgan fingerprint density at radius 1 is 1.03 bits per heavy atom. The molecule has 1 aliphatic rings. The lowest BCUT2D eigenvalue weighted by Crippen LogP contribution is -2.53. The van der Waals surface area contributed by atoms with Gasteiger partial charge in [0.2, 0.25) is 11.8 Å². The van der Waals surface area contributed by atoms with Crippen LogP contribution in [0.4, 0.5) is 10.5 Å². The molecule has 2 aromatic carbocycles. The third-order valence-corrected chi connectivity index (χ3v) is 6.02. The fourth-order valence-electron chi connectivity index (χ4n) is 3.94. The van der Waals surface area contributed by atoms with Gasteiger partial charge in [-0.1, -0.05) is 11.6 Å². The molecule has 1 aliphatic heterocycles. The highest BCUT2D eigenvalue weighted by Gasteiger charge is 2.27. The van der Waals surface area contributed by atoms with Crippen molar-refractivity contribution < 1.29 is 23.9 Å². The van der Waals surface area contributed by atoms with E-state index in [4.69, 9.17) is 21.1 Å². The van der Waals surface area contributed by atoms with E-state index in [0.29, 0.717) is 48.1 Å². The number of piperidine rings is 1. The summed E-state index contributed by atoms with van der Waals surface area (Å²) in [5.41, 5.74) is 1.46. The summed E-state index contributed by atoms with van der Waals surface area (Å²) in [6.07, 6.45) is 1.50. The standard InChI is InChI=1S/C25H31ClN4O5/c1-16(31)27-23(14-17-12-21(34-2)15-22(13-17)35-3)24(32)28-20-8-10-30(11-9-20)25(33)29-19-6-4-18(26)5-7-19/h4-7,12-13,15,20,23H,8-11,14H2,1-3H3,(H,27,31)(H,28,32)(H,29,33)/t23-/m1/s1. The zero-order valence-electron chi connectivity index (χ0n) is 20.1. The van der Waals surface area contributed by atoms with Gasteiger partial charge in [-0.3, -0.25) is 9.59 Å². The van der Waals surface area contributed by atoms with Crippen LogP contribution in [0.5, 0.6) is 11.5 Å². The van der Waals surface area contributed by atoms with E-state index >= 15 is 0 Å². The van der Waals surface area contributed by atoms with E-state index in [1.807, 2.05) is 12.1 Å². The lowest BCUT2D eigenvalue weighted by atomic mass is 10.0. The number of amides is 4. The van der Waals surface area contributed by atoms with E-state index < -0.39 is 6.04 Å². The Balaban J connectivity index is 1.56. The number of likely N-dealkylation sites (tertiary alicyclic amines) is 1. The average Bonchev–Trinajstić information content (AvgIpc) is 2.84. The highest BCUT2D eigenvalue weighted by atomic mass is 35.5. The highest BCUT2D eigenvalue weighted by Crippen LogP contribution is 2.23. The lowest BCUT2D eigenvalue weighted by molar-refractivity contribution is -0.128. The van der Waals surface area contributed by atoms with E-state index in [2.05, 4.69) is 16.0 Å². The number of nitrogens with one attached hydrogen (secondary N) is 3. The third-order valence-electron chi connectivity index (χ3n) is 5.77. The monoisotopic (exact) mass is 502 g/mol. The van der Waals surface area contributed by atoms with E-state index in [9.17, 15) is 14.4 Å². The minimum Gasteiger partial charge on any atom is -0.497 e. The molecular formula is C25H31ClN4O5. The Kier molecular flexibility index (Phi) is 9.19. The van der Waals surface area contributed by atoms with Gasteiger partial charge in [0.15, 0.2) is 0 Å². The van der Waals surface area contributed by atoms with Crippen molar-refractivity contribution >= 4 is 35.1 Å². The number of methoxy groups -OCH3 is 2. The molecule has 35 heavy (non-hydrogen) atoms. The summed E-state index contributed by atoms with van der Waals surface area (Å²) in [7, 11) is 3.11. The maximum absolute atomic E-state index is 13.1. The third kappa shape index (κ3) is 7.78. The first-order valence-corrected chi connectivity index (χ1v) is 11.8. The minimum absolute atomic E-state index is 0.0989. The van der Waals surface area contributed by atoms with Crippen molar-refractivity contribution in [1.82, 2.24) is 15.5 Å². The van der Waals surface area contributed by atoms with Crippen molar-refractivity contribution in [2.45, 2.75) is 38.3 Å². The Morgan fingerprint density at radius 3 is 2.17 bits per heavy atom. The summed E-state index contributed by atoms with van der Waals surface area (Å²) in [5.74, 6) is 0.635. The molecule has 1 heterocycles. The quantitative estimate of drug-likeness (QED) is 0.513. The van der Waals surface area contributed by atoms with Gasteiger partial charge in [0.25, 0.3) is 0 Å². The Labute approximate surface area is 210 Å². The largest absolute Gasteiger partial charge is 0.497 e. The molecule has 3 rings (SSSR count). The van der Waals surface area contributed by atoms with Crippen LogP contribution in [-0.2, 0) is 16.0 Å². The normalized spacial score (nSPS) is 14.6. The SMILES string of the molecule is COc1cc(C[C@@H](NC(C)=O)C(=O)NC2CCN(C(=O)Nc3ccc(Cl)cc3)CC2)cc(OC)c1. The van der Waals surface area contributed by atoms with Gasteiger partial charge < -0.3 is 30.3 Å². The van der Waals surface area contributed by atoms with Gasteiger partial charge in [-0.15, -0.1) is 0 Å². The van der Waals surface area contributed by atoms with Gasteiger partial charge >= 0.3 is 6.03 Å². The predicted molar refractivity (Wildman–Crippen MR) is 134 cm³/mol. The molecule has 0 aliphatic carbocycles. The van der Waals surface area contributed by atoms with Crippen LogP contribution in [0.15, 0.2) is 42.5 Å². The zero-order chi connectivity index (χ0) is 25.4. The van der Waals surface area contributed by atoms with Crippen molar-refractivity contribution in [2.75, 3.05) is 32.6 Å². The highest BCUT2D eigenvalue weighted by molar-refractivity contribution is 6.30. The van der Waals surface area contributed by atoms with Crippen LogP contribution in [0.1, 0.15) is 25.3 Å². The van der Waals surface area contributed by atoms with Gasteiger partial charge in [0, 0.05) is 49.3 Å². The first-order valence-electron chi connectivity index (χ1n) is 11.4. The number of anilines is 1. The molecule has 1 fully saturated rings. The first-order chi connectivity index (χ1) is 16.8. The summed E-state index contributed by atoms with van der Waals surface area (Å²) in [6, 6.07) is 11.2. The van der Waals surface area contributed by atoms with E-state index in [-0.39, 0.29) is 30.3 Å². The lowest BCUT2D eigenvalue weighted by Gasteiger charge is -2.33. The zero-order valence-corrected chi connectivity index (χ0v) is 20.9. The number of nitrogens with zero attached hydrogens (tertiary/aromatic N) is 1. The molecule has 0 saturated carbocycles. The van der Waals surface area contributed by atoms with Crippen LogP contribution < -0.4 is 25.4 Å². The van der Waals surface area contributed by atoms with Gasteiger partial charge in [0.05, 0.1) is 14.2 Å². The second-order valence-electron chi connectivity index (χ2n) is 8.39. The Bertz CT molecular complexity index is 1020. The minimum atomic E-state index is -0.754. The molecule has 0 unspecified atom stereocenters. The van der Waals surface area contributed by atoms with E-state index in [0.717, 1.165) is 5.56 Å². The van der Waals surface area contributed by atoms with Crippen LogP contribution >= 0.6 is 11.6 Å². The van der Waals surface area contributed by atoms with Crippen molar-refractivity contribution in [1.29, 1.82) is 0 Å². The number of hydrogen-bond acceptors (Lipinski definition) is 5. The van der Waals surface area contributed by atoms with Crippen LogP contribution in [0.3, 0.4) is 0 Å². The van der Waals surface area contributed by atoms with Crippen molar-refractivity contribution in [3.05, 3.63) is 53.1 Å². The fourth-order valence-corrected chi connectivity index (χ4v) is 4.06. The number of carbonyl (C=O) groups is 3. The molecule has 4 amide bonds. The first kappa shape index (κ1) is 26.2. The molecule has 188 valence electrons. The van der Waals surface area contributed by atoms with Crippen LogP contribution in [0.25, 0.3) is 0 Å². The summed E-state index contributed by atoms with van der Waals surface area (Å²) in [5, 5.41) is 9.22. The van der Waals surface area contributed by atoms with Gasteiger partial charge in [0.1, 0.15) is 17.5 Å². The Hall–Kier alpha value is -3.46. The molecule has 9 nitrogen and oxygen atoms in total. The van der Waals surface area contributed by atoms with E-state index in [1.165, 1.54) is 6.92 Å². The second kappa shape index (κ2) is 12.3. The number of halogens is 1. The maximum atomic E-state index is 13.1. The number of ether oxygens (including phenoxy) is 2. The molecule has 0 bridgehead atoms. The molecule has 3 N–H and O–H groups in total. The van der Waals surface area contributed by atoms with Crippen LogP contribution in [0.2, 0.25) is 5.02 Å². The molecule has 2 aromatic rings. The molecule has 1 saturated heterocycles. The molecule has 0 spiro atoms. The molecule has 0 aromatic heterocycles.